The Labute approximate surface area is 123 Å². The van der Waals surface area contributed by atoms with Crippen molar-refractivity contribution in [3.05, 3.63) is 29.3 Å². The first kappa shape index (κ1) is 15.3. The summed E-state index contributed by atoms with van der Waals surface area (Å²) in [6.07, 6.45) is 1.75. The first-order valence-corrected chi connectivity index (χ1v) is 6.99. The zero-order valence-electron chi connectivity index (χ0n) is 12.2. The average molecular weight is 292 g/mol. The van der Waals surface area contributed by atoms with Crippen LogP contribution in [0.4, 0.5) is 10.5 Å². The molecule has 0 bridgehead atoms. The number of benzene rings is 1. The molecule has 2 amide bonds. The molecule has 2 rings (SSSR count). The Morgan fingerprint density at radius 3 is 2.76 bits per heavy atom. The Kier molecular flexibility index (Phi) is 4.80. The molecule has 1 aliphatic rings. The Morgan fingerprint density at radius 2 is 2.14 bits per heavy atom. The zero-order chi connectivity index (χ0) is 15.4. The van der Waals surface area contributed by atoms with E-state index < -0.39 is 5.97 Å². The highest BCUT2D eigenvalue weighted by Crippen LogP contribution is 2.16. The summed E-state index contributed by atoms with van der Waals surface area (Å²) in [7, 11) is 0. The van der Waals surface area contributed by atoms with Crippen molar-refractivity contribution in [1.82, 2.24) is 5.32 Å². The molecule has 0 aliphatic carbocycles. The van der Waals surface area contributed by atoms with Crippen molar-refractivity contribution in [2.75, 3.05) is 11.9 Å². The highest BCUT2D eigenvalue weighted by Gasteiger charge is 2.20. The van der Waals surface area contributed by atoms with E-state index in [0.29, 0.717) is 17.9 Å². The van der Waals surface area contributed by atoms with E-state index in [1.165, 1.54) is 6.07 Å². The fraction of sp³-hybridized carbons (Fsp3) is 0.467. The van der Waals surface area contributed by atoms with Gasteiger partial charge in [0, 0.05) is 18.3 Å². The second-order valence-corrected chi connectivity index (χ2v) is 5.34. The van der Waals surface area contributed by atoms with E-state index in [-0.39, 0.29) is 23.7 Å². The second-order valence-electron chi connectivity index (χ2n) is 5.34. The van der Waals surface area contributed by atoms with Crippen LogP contribution in [0.15, 0.2) is 18.2 Å². The maximum atomic E-state index is 11.9. The van der Waals surface area contributed by atoms with Gasteiger partial charge in [0.25, 0.3) is 0 Å². The summed E-state index contributed by atoms with van der Waals surface area (Å²) < 4.78 is 5.43. The minimum atomic E-state index is -0.973. The molecule has 1 aromatic rings. The Balaban J connectivity index is 1.93. The molecule has 6 heteroatoms. The number of carboxylic acid groups (broad SMARTS) is 1. The summed E-state index contributed by atoms with van der Waals surface area (Å²) in [6.45, 7) is 4.34. The van der Waals surface area contributed by atoms with Crippen LogP contribution in [0, 0.1) is 6.92 Å². The smallest absolute Gasteiger partial charge is 0.335 e. The number of amides is 2. The van der Waals surface area contributed by atoms with Gasteiger partial charge in [-0.25, -0.2) is 9.59 Å². The van der Waals surface area contributed by atoms with Gasteiger partial charge in [-0.1, -0.05) is 0 Å². The molecule has 114 valence electrons. The van der Waals surface area contributed by atoms with Crippen LogP contribution in [-0.4, -0.2) is 35.9 Å². The summed E-state index contributed by atoms with van der Waals surface area (Å²) in [4.78, 5) is 22.9. The lowest BCUT2D eigenvalue weighted by atomic mass is 10.0. The van der Waals surface area contributed by atoms with Crippen LogP contribution < -0.4 is 10.6 Å². The molecule has 0 spiro atoms. The number of aromatic carboxylic acids is 1. The van der Waals surface area contributed by atoms with Crippen molar-refractivity contribution in [3.8, 4) is 0 Å². The maximum Gasteiger partial charge on any atom is 0.335 e. The standard InChI is InChI=1S/C15H20N2O4/c1-9-7-11(3-4-13(9)14(18)19)16-15(20)17-12-5-6-21-10(2)8-12/h3-4,7,10,12H,5-6,8H2,1-2H3,(H,18,19)(H2,16,17,20). The third-order valence-electron chi connectivity index (χ3n) is 3.54. The molecular formula is C15H20N2O4. The molecule has 1 aliphatic heterocycles. The first-order valence-electron chi connectivity index (χ1n) is 6.99. The number of hydrogen-bond donors (Lipinski definition) is 3. The van der Waals surface area contributed by atoms with Crippen LogP contribution in [0.25, 0.3) is 0 Å². The van der Waals surface area contributed by atoms with Gasteiger partial charge in [-0.15, -0.1) is 0 Å². The van der Waals surface area contributed by atoms with Crippen molar-refractivity contribution in [2.45, 2.75) is 38.8 Å². The average Bonchev–Trinajstić information content (AvgIpc) is 2.38. The number of ether oxygens (including phenoxy) is 1. The molecule has 0 saturated carbocycles. The van der Waals surface area contributed by atoms with E-state index in [2.05, 4.69) is 10.6 Å². The van der Waals surface area contributed by atoms with Crippen LogP contribution >= 0.6 is 0 Å². The number of rotatable bonds is 3. The van der Waals surface area contributed by atoms with E-state index in [1.54, 1.807) is 19.1 Å². The lowest BCUT2D eigenvalue weighted by Gasteiger charge is -2.27. The lowest BCUT2D eigenvalue weighted by molar-refractivity contribution is 0.0157. The molecule has 0 aromatic heterocycles. The zero-order valence-corrected chi connectivity index (χ0v) is 12.2. The Bertz CT molecular complexity index is 544. The van der Waals surface area contributed by atoms with Gasteiger partial charge in [0.2, 0.25) is 0 Å². The third kappa shape index (κ3) is 4.19. The van der Waals surface area contributed by atoms with Crippen LogP contribution in [0.1, 0.15) is 35.7 Å². The number of nitrogens with one attached hydrogen (secondary N) is 2. The number of carbonyl (C=O) groups excluding carboxylic acids is 1. The Hall–Kier alpha value is -2.08. The van der Waals surface area contributed by atoms with E-state index in [4.69, 9.17) is 9.84 Å². The number of hydrogen-bond acceptors (Lipinski definition) is 3. The predicted molar refractivity (Wildman–Crippen MR) is 78.7 cm³/mol. The molecule has 2 atom stereocenters. The SMILES string of the molecule is Cc1cc(NC(=O)NC2CCOC(C)C2)ccc1C(=O)O. The lowest BCUT2D eigenvalue weighted by Crippen LogP contribution is -2.43. The minimum Gasteiger partial charge on any atom is -0.478 e. The van der Waals surface area contributed by atoms with E-state index in [9.17, 15) is 9.59 Å². The molecule has 6 nitrogen and oxygen atoms in total. The molecule has 3 N–H and O–H groups in total. The summed E-state index contributed by atoms with van der Waals surface area (Å²) >= 11 is 0. The topological polar surface area (TPSA) is 87.7 Å². The van der Waals surface area contributed by atoms with Crippen molar-refractivity contribution in [1.29, 1.82) is 0 Å². The fourth-order valence-electron chi connectivity index (χ4n) is 2.46. The summed E-state index contributed by atoms with van der Waals surface area (Å²) in [5.74, 6) is -0.973. The molecule has 21 heavy (non-hydrogen) atoms. The molecule has 1 saturated heterocycles. The molecule has 1 aromatic carbocycles. The predicted octanol–water partition coefficient (Wildman–Crippen LogP) is 2.38. The number of aryl methyl sites for hydroxylation is 1. The van der Waals surface area contributed by atoms with E-state index in [1.807, 2.05) is 6.92 Å². The van der Waals surface area contributed by atoms with Gasteiger partial charge in [0.1, 0.15) is 0 Å². The van der Waals surface area contributed by atoms with Crippen molar-refractivity contribution in [2.24, 2.45) is 0 Å². The largest absolute Gasteiger partial charge is 0.478 e. The van der Waals surface area contributed by atoms with Crippen LogP contribution in [0.2, 0.25) is 0 Å². The molecule has 0 radical (unpaired) electrons. The summed E-state index contributed by atoms with van der Waals surface area (Å²) in [5.41, 5.74) is 1.43. The van der Waals surface area contributed by atoms with Crippen molar-refractivity contribution in [3.63, 3.8) is 0 Å². The van der Waals surface area contributed by atoms with Crippen LogP contribution in [0.3, 0.4) is 0 Å². The number of carbonyl (C=O) groups is 2. The van der Waals surface area contributed by atoms with Gasteiger partial charge in [-0.2, -0.15) is 0 Å². The van der Waals surface area contributed by atoms with Crippen molar-refractivity contribution < 1.29 is 19.4 Å². The minimum absolute atomic E-state index is 0.105. The van der Waals surface area contributed by atoms with Crippen LogP contribution in [-0.2, 0) is 4.74 Å². The van der Waals surface area contributed by atoms with Gasteiger partial charge >= 0.3 is 12.0 Å². The molecule has 1 heterocycles. The molecule has 1 fully saturated rings. The van der Waals surface area contributed by atoms with Gasteiger partial charge in [-0.3, -0.25) is 0 Å². The first-order chi connectivity index (χ1) is 9.95. The highest BCUT2D eigenvalue weighted by molar-refractivity contribution is 5.92. The fourth-order valence-corrected chi connectivity index (χ4v) is 2.46. The Morgan fingerprint density at radius 1 is 1.38 bits per heavy atom. The van der Waals surface area contributed by atoms with Gasteiger partial charge in [-0.05, 0) is 50.5 Å². The van der Waals surface area contributed by atoms with Gasteiger partial charge in [0.15, 0.2) is 0 Å². The maximum absolute atomic E-state index is 11.9. The number of anilines is 1. The monoisotopic (exact) mass is 292 g/mol. The highest BCUT2D eigenvalue weighted by atomic mass is 16.5. The van der Waals surface area contributed by atoms with E-state index >= 15 is 0 Å². The molecule has 2 unspecified atom stereocenters. The van der Waals surface area contributed by atoms with E-state index in [0.717, 1.165) is 12.8 Å². The second kappa shape index (κ2) is 6.58. The summed E-state index contributed by atoms with van der Waals surface area (Å²) in [6, 6.07) is 4.55. The number of carboxylic acids is 1. The molecular weight excluding hydrogens is 272 g/mol. The van der Waals surface area contributed by atoms with Crippen molar-refractivity contribution >= 4 is 17.7 Å². The third-order valence-corrected chi connectivity index (χ3v) is 3.54. The summed E-state index contributed by atoms with van der Waals surface area (Å²) in [5, 5.41) is 14.6. The normalized spacial score (nSPS) is 21.6. The van der Waals surface area contributed by atoms with Crippen LogP contribution in [0.5, 0.6) is 0 Å². The van der Waals surface area contributed by atoms with Gasteiger partial charge < -0.3 is 20.5 Å². The number of urea groups is 1. The van der Waals surface area contributed by atoms with Gasteiger partial charge in [0.05, 0.1) is 11.7 Å². The quantitative estimate of drug-likeness (QED) is 0.798.